The maximum Gasteiger partial charge on any atom is 0.249 e. The number of ether oxygens (including phenoxy) is 2. The molecule has 32 heavy (non-hydrogen) atoms. The number of benzene rings is 1. The summed E-state index contributed by atoms with van der Waals surface area (Å²) in [5.74, 6) is 0.905. The van der Waals surface area contributed by atoms with Crippen molar-refractivity contribution in [2.75, 3.05) is 40.0 Å². The molecule has 0 saturated carbocycles. The molecule has 0 spiro atoms. The number of rotatable bonds is 10. The van der Waals surface area contributed by atoms with Gasteiger partial charge in [-0.15, -0.1) is 11.3 Å². The molecule has 0 N–H and O–H groups in total. The Morgan fingerprint density at radius 1 is 1.25 bits per heavy atom. The topological polar surface area (TPSA) is 59.1 Å². The first-order valence-electron chi connectivity index (χ1n) is 11.2. The monoisotopic (exact) mass is 458 g/mol. The number of fused-ring (bicyclic) bond motifs is 1. The van der Waals surface area contributed by atoms with Crippen molar-refractivity contribution in [2.45, 2.75) is 39.7 Å². The van der Waals surface area contributed by atoms with E-state index in [-0.39, 0.29) is 31.0 Å². The predicted molar refractivity (Wildman–Crippen MR) is 127 cm³/mol. The highest BCUT2D eigenvalue weighted by Crippen LogP contribution is 2.34. The van der Waals surface area contributed by atoms with E-state index in [0.29, 0.717) is 25.6 Å². The number of methoxy groups -OCH3 is 1. The Kier molecular flexibility index (Phi) is 8.70. The van der Waals surface area contributed by atoms with E-state index in [0.717, 1.165) is 24.2 Å². The van der Waals surface area contributed by atoms with E-state index in [1.54, 1.807) is 16.2 Å². The smallest absolute Gasteiger partial charge is 0.249 e. The van der Waals surface area contributed by atoms with Crippen molar-refractivity contribution in [3.05, 3.63) is 51.7 Å². The lowest BCUT2D eigenvalue weighted by Gasteiger charge is -2.37. The van der Waals surface area contributed by atoms with Crippen LogP contribution in [0.15, 0.2) is 35.7 Å². The molecule has 0 bridgehead atoms. The largest absolute Gasteiger partial charge is 0.491 e. The molecular weight excluding hydrogens is 424 g/mol. The maximum absolute atomic E-state index is 13.4. The van der Waals surface area contributed by atoms with Gasteiger partial charge in [0.2, 0.25) is 11.8 Å². The van der Waals surface area contributed by atoms with Gasteiger partial charge < -0.3 is 19.3 Å². The van der Waals surface area contributed by atoms with Gasteiger partial charge in [-0.2, -0.15) is 0 Å². The van der Waals surface area contributed by atoms with E-state index in [2.05, 4.69) is 25.3 Å². The van der Waals surface area contributed by atoms with E-state index < -0.39 is 0 Å². The van der Waals surface area contributed by atoms with Crippen molar-refractivity contribution in [3.8, 4) is 5.75 Å². The summed E-state index contributed by atoms with van der Waals surface area (Å²) < 4.78 is 11.1. The molecule has 3 rings (SSSR count). The van der Waals surface area contributed by atoms with Crippen molar-refractivity contribution in [1.82, 2.24) is 9.80 Å². The summed E-state index contributed by atoms with van der Waals surface area (Å²) in [5, 5.41) is 2.08. The zero-order valence-electron chi connectivity index (χ0n) is 19.5. The molecule has 174 valence electrons. The van der Waals surface area contributed by atoms with Crippen LogP contribution in [0, 0.1) is 12.8 Å². The number of aryl methyl sites for hydroxylation is 1. The Hall–Kier alpha value is -2.38. The first kappa shape index (κ1) is 24.3. The van der Waals surface area contributed by atoms with Crippen molar-refractivity contribution in [2.24, 2.45) is 5.92 Å². The molecular formula is C25H34N2O4S. The number of carbonyl (C=O) groups excluding carboxylic acids is 2. The summed E-state index contributed by atoms with van der Waals surface area (Å²) in [4.78, 5) is 30.8. The van der Waals surface area contributed by atoms with Crippen LogP contribution in [-0.4, -0.2) is 61.6 Å². The Bertz CT molecular complexity index is 896. The molecule has 2 aromatic rings. The predicted octanol–water partition coefficient (Wildman–Crippen LogP) is 4.08. The highest BCUT2D eigenvalue weighted by atomic mass is 32.1. The molecule has 0 unspecified atom stereocenters. The van der Waals surface area contributed by atoms with Gasteiger partial charge in [0.05, 0.1) is 12.6 Å². The van der Waals surface area contributed by atoms with Crippen LogP contribution in [0.1, 0.15) is 42.3 Å². The van der Waals surface area contributed by atoms with Gasteiger partial charge >= 0.3 is 0 Å². The average Bonchev–Trinajstić information content (AvgIpc) is 3.27. The molecule has 0 radical (unpaired) electrons. The minimum Gasteiger partial charge on any atom is -0.491 e. The third-order valence-corrected chi connectivity index (χ3v) is 7.02. The zero-order chi connectivity index (χ0) is 23.1. The third kappa shape index (κ3) is 6.11. The second-order valence-corrected chi connectivity index (χ2v) is 9.50. The zero-order valence-corrected chi connectivity index (χ0v) is 20.3. The third-order valence-electron chi connectivity index (χ3n) is 6.02. The molecule has 1 aromatic carbocycles. The highest BCUT2D eigenvalue weighted by Gasteiger charge is 2.33. The van der Waals surface area contributed by atoms with Crippen LogP contribution < -0.4 is 4.74 Å². The van der Waals surface area contributed by atoms with Crippen LogP contribution in [-0.2, 0) is 20.7 Å². The maximum atomic E-state index is 13.4. The second-order valence-electron chi connectivity index (χ2n) is 8.50. The summed E-state index contributed by atoms with van der Waals surface area (Å²) in [6, 6.07) is 9.87. The Labute approximate surface area is 195 Å². The minimum absolute atomic E-state index is 0.0155. The van der Waals surface area contributed by atoms with Gasteiger partial charge in [-0.1, -0.05) is 38.0 Å². The van der Waals surface area contributed by atoms with E-state index in [9.17, 15) is 9.59 Å². The number of amides is 2. The van der Waals surface area contributed by atoms with Gasteiger partial charge in [0.1, 0.15) is 19.0 Å². The summed E-state index contributed by atoms with van der Waals surface area (Å²) in [5.41, 5.74) is 2.33. The summed E-state index contributed by atoms with van der Waals surface area (Å²) in [7, 11) is 1.50. The van der Waals surface area contributed by atoms with E-state index >= 15 is 0 Å². The number of carbonyl (C=O) groups is 2. The van der Waals surface area contributed by atoms with Crippen LogP contribution in [0.25, 0.3) is 0 Å². The standard InChI is InChI=1S/C25H34N2O4S/c1-5-18(2)14-26(25(29)17-30-4)15-24(28)27-12-10-23-21(11-13-32-23)22(27)16-31-20-8-6-19(3)7-9-20/h6-9,11,13,18,22H,5,10,12,14-17H2,1-4H3/t18-,22+/m1/s1. The number of nitrogens with zero attached hydrogens (tertiary/aromatic N) is 2. The van der Waals surface area contributed by atoms with Crippen LogP contribution in [0.3, 0.4) is 0 Å². The first-order chi connectivity index (χ1) is 15.4. The fourth-order valence-electron chi connectivity index (χ4n) is 3.91. The van der Waals surface area contributed by atoms with Crippen LogP contribution in [0.2, 0.25) is 0 Å². The summed E-state index contributed by atoms with van der Waals surface area (Å²) in [6.45, 7) is 7.83. The van der Waals surface area contributed by atoms with Crippen molar-refractivity contribution >= 4 is 23.2 Å². The van der Waals surface area contributed by atoms with Crippen LogP contribution in [0.5, 0.6) is 5.75 Å². The van der Waals surface area contributed by atoms with Gasteiger partial charge in [0.15, 0.2) is 0 Å². The lowest BCUT2D eigenvalue weighted by molar-refractivity contribution is -0.145. The summed E-state index contributed by atoms with van der Waals surface area (Å²) >= 11 is 1.73. The van der Waals surface area contributed by atoms with Gasteiger partial charge in [-0.25, -0.2) is 0 Å². The van der Waals surface area contributed by atoms with Crippen molar-refractivity contribution in [3.63, 3.8) is 0 Å². The number of hydrogen-bond donors (Lipinski definition) is 0. The lowest BCUT2D eigenvalue weighted by Crippen LogP contribution is -2.49. The molecule has 0 saturated heterocycles. The normalized spacial score (nSPS) is 16.4. The van der Waals surface area contributed by atoms with Crippen LogP contribution >= 0.6 is 11.3 Å². The average molecular weight is 459 g/mol. The van der Waals surface area contributed by atoms with Gasteiger partial charge in [-0.05, 0) is 48.4 Å². The van der Waals surface area contributed by atoms with Crippen LogP contribution in [0.4, 0.5) is 0 Å². The van der Waals surface area contributed by atoms with E-state index in [1.165, 1.54) is 17.6 Å². The Balaban J connectivity index is 1.75. The molecule has 1 aromatic heterocycles. The number of thiophene rings is 1. The molecule has 2 heterocycles. The first-order valence-corrected chi connectivity index (χ1v) is 12.1. The van der Waals surface area contributed by atoms with Gasteiger partial charge in [0.25, 0.3) is 0 Å². The summed E-state index contributed by atoms with van der Waals surface area (Å²) in [6.07, 6.45) is 1.77. The molecule has 0 fully saturated rings. The van der Waals surface area contributed by atoms with Gasteiger partial charge in [-0.3, -0.25) is 9.59 Å². The lowest BCUT2D eigenvalue weighted by atomic mass is 10.00. The number of hydrogen-bond acceptors (Lipinski definition) is 5. The van der Waals surface area contributed by atoms with Crippen molar-refractivity contribution < 1.29 is 19.1 Å². The molecule has 1 aliphatic rings. The van der Waals surface area contributed by atoms with Crippen molar-refractivity contribution in [1.29, 1.82) is 0 Å². The molecule has 2 atom stereocenters. The SMILES string of the molecule is CC[C@@H](C)CN(CC(=O)N1CCc2sccc2[C@@H]1COc1ccc(C)cc1)C(=O)COC. The Morgan fingerprint density at radius 2 is 2.00 bits per heavy atom. The van der Waals surface area contributed by atoms with Gasteiger partial charge in [0, 0.05) is 25.1 Å². The fourth-order valence-corrected chi connectivity index (χ4v) is 4.84. The van der Waals surface area contributed by atoms with E-state index in [1.807, 2.05) is 36.1 Å². The molecule has 1 aliphatic heterocycles. The quantitative estimate of drug-likeness (QED) is 0.538. The molecule has 6 nitrogen and oxygen atoms in total. The second kappa shape index (κ2) is 11.5. The Morgan fingerprint density at radius 3 is 2.69 bits per heavy atom. The van der Waals surface area contributed by atoms with E-state index in [4.69, 9.17) is 9.47 Å². The molecule has 7 heteroatoms. The fraction of sp³-hybridized carbons (Fsp3) is 0.520. The molecule has 0 aliphatic carbocycles. The minimum atomic E-state index is -0.165. The molecule has 2 amide bonds. The highest BCUT2D eigenvalue weighted by molar-refractivity contribution is 7.10.